The molecule has 0 aliphatic heterocycles. The molecule has 0 saturated heterocycles. The third-order valence-corrected chi connectivity index (χ3v) is 3.16. The minimum absolute atomic E-state index is 0.0694. The summed E-state index contributed by atoms with van der Waals surface area (Å²) in [5.74, 6) is -1.00. The molecule has 0 bridgehead atoms. The Bertz CT molecular complexity index is 215. The van der Waals surface area contributed by atoms with E-state index in [0.29, 0.717) is 4.48 Å². The molecule has 0 spiro atoms. The zero-order valence-electron chi connectivity index (χ0n) is 14.8. The van der Waals surface area contributed by atoms with E-state index in [-0.39, 0.29) is 6.54 Å². The largest absolute Gasteiger partial charge is 0.544 e. The second-order valence-corrected chi connectivity index (χ2v) is 6.79. The van der Waals surface area contributed by atoms with Crippen LogP contribution in [0.25, 0.3) is 0 Å². The zero-order chi connectivity index (χ0) is 16.6. The highest BCUT2D eigenvalue weighted by Gasteiger charge is 2.04. The van der Waals surface area contributed by atoms with Gasteiger partial charge in [0, 0.05) is 0 Å². The number of aliphatic carboxylic acids is 1. The second kappa shape index (κ2) is 15.8. The number of hydrogen-bond donors (Lipinski definition) is 1. The highest BCUT2D eigenvalue weighted by atomic mass is 16.4. The Kier molecular flexibility index (Phi) is 17.0. The molecular weight excluding hydrogens is 264 g/mol. The average Bonchev–Trinajstić information content (AvgIpc) is 2.35. The number of nitrogens with zero attached hydrogens (tertiary/aromatic N) is 1. The molecule has 0 saturated carbocycles. The molecule has 2 N–H and O–H groups in total. The third kappa shape index (κ3) is 28.3. The SMILES string of the molecule is CCCCCCCCCCCCN.C[N+](C)(C)CC(=O)[O-]. The fourth-order valence-corrected chi connectivity index (χ4v) is 2.02. The first-order chi connectivity index (χ1) is 9.83. The van der Waals surface area contributed by atoms with Gasteiger partial charge in [0.05, 0.1) is 27.1 Å². The first kappa shape index (κ1) is 22.7. The van der Waals surface area contributed by atoms with Gasteiger partial charge in [-0.3, -0.25) is 0 Å². The number of carbonyl (C=O) groups excluding carboxylic acids is 1. The summed E-state index contributed by atoms with van der Waals surface area (Å²) in [5, 5.41) is 9.89. The van der Waals surface area contributed by atoms with Crippen molar-refractivity contribution in [3.8, 4) is 0 Å². The Labute approximate surface area is 132 Å². The molecular formula is C17H38N2O2. The number of quaternary nitrogens is 1. The fraction of sp³-hybridized carbons (Fsp3) is 0.941. The van der Waals surface area contributed by atoms with Crippen molar-refractivity contribution < 1.29 is 14.4 Å². The number of likely N-dealkylation sites (N-methyl/N-ethyl adjacent to an activating group) is 1. The predicted molar refractivity (Wildman–Crippen MR) is 88.8 cm³/mol. The summed E-state index contributed by atoms with van der Waals surface area (Å²) in [5.41, 5.74) is 5.42. The number of carboxylic acids is 1. The van der Waals surface area contributed by atoms with Crippen LogP contribution >= 0.6 is 0 Å². The van der Waals surface area contributed by atoms with Gasteiger partial charge < -0.3 is 20.1 Å². The van der Waals surface area contributed by atoms with Crippen molar-refractivity contribution in [2.75, 3.05) is 34.2 Å². The van der Waals surface area contributed by atoms with Crippen LogP contribution in [0.3, 0.4) is 0 Å². The van der Waals surface area contributed by atoms with E-state index in [1.807, 2.05) is 0 Å². The molecule has 0 radical (unpaired) electrons. The van der Waals surface area contributed by atoms with Gasteiger partial charge in [-0.1, -0.05) is 64.7 Å². The average molecular weight is 303 g/mol. The predicted octanol–water partition coefficient (Wildman–Crippen LogP) is 2.31. The Hall–Kier alpha value is -0.610. The molecule has 21 heavy (non-hydrogen) atoms. The molecule has 0 rings (SSSR count). The highest BCUT2D eigenvalue weighted by Crippen LogP contribution is 2.09. The van der Waals surface area contributed by atoms with Crippen LogP contribution in [-0.2, 0) is 4.79 Å². The number of hydrogen-bond acceptors (Lipinski definition) is 3. The van der Waals surface area contributed by atoms with Gasteiger partial charge in [0.15, 0.2) is 0 Å². The van der Waals surface area contributed by atoms with Crippen LogP contribution in [0.15, 0.2) is 0 Å². The van der Waals surface area contributed by atoms with Crippen LogP contribution in [0, 0.1) is 0 Å². The summed E-state index contributed by atoms with van der Waals surface area (Å²) in [6.45, 7) is 3.21. The maximum Gasteiger partial charge on any atom is 0.118 e. The van der Waals surface area contributed by atoms with E-state index in [9.17, 15) is 9.90 Å². The van der Waals surface area contributed by atoms with E-state index in [0.717, 1.165) is 6.54 Å². The van der Waals surface area contributed by atoms with Crippen LogP contribution in [0.1, 0.15) is 71.1 Å². The maximum absolute atomic E-state index is 9.89. The first-order valence-electron chi connectivity index (χ1n) is 8.54. The summed E-state index contributed by atoms with van der Waals surface area (Å²) < 4.78 is 0.419. The summed E-state index contributed by atoms with van der Waals surface area (Å²) >= 11 is 0. The van der Waals surface area contributed by atoms with Gasteiger partial charge in [0.25, 0.3) is 0 Å². The molecule has 0 unspecified atom stereocenters. The van der Waals surface area contributed by atoms with Gasteiger partial charge in [-0.05, 0) is 13.0 Å². The van der Waals surface area contributed by atoms with Crippen LogP contribution in [0.2, 0.25) is 0 Å². The van der Waals surface area contributed by atoms with Crippen molar-refractivity contribution in [3.05, 3.63) is 0 Å². The third-order valence-electron chi connectivity index (χ3n) is 3.16. The van der Waals surface area contributed by atoms with Crippen molar-refractivity contribution in [1.82, 2.24) is 0 Å². The topological polar surface area (TPSA) is 66.2 Å². The molecule has 0 aromatic heterocycles. The van der Waals surface area contributed by atoms with E-state index >= 15 is 0 Å². The Morgan fingerprint density at radius 2 is 1.24 bits per heavy atom. The van der Waals surface area contributed by atoms with Crippen molar-refractivity contribution in [2.45, 2.75) is 71.1 Å². The van der Waals surface area contributed by atoms with Crippen LogP contribution in [0.4, 0.5) is 0 Å². The standard InChI is InChI=1S/C12H27N.C5H11NO2/c1-2-3-4-5-6-7-8-9-10-11-12-13;1-6(2,3)4-5(7)8/h2-13H2,1H3;4H2,1-3H3. The molecule has 0 aliphatic carbocycles. The molecule has 0 aromatic carbocycles. The van der Waals surface area contributed by atoms with Gasteiger partial charge in [-0.2, -0.15) is 0 Å². The lowest BCUT2D eigenvalue weighted by Crippen LogP contribution is -2.45. The number of nitrogens with two attached hydrogens (primary N) is 1. The smallest absolute Gasteiger partial charge is 0.118 e. The molecule has 0 atom stereocenters. The Morgan fingerprint density at radius 1 is 0.857 bits per heavy atom. The fourth-order valence-electron chi connectivity index (χ4n) is 2.02. The maximum atomic E-state index is 9.89. The second-order valence-electron chi connectivity index (χ2n) is 6.79. The molecule has 0 aromatic rings. The Balaban J connectivity index is 0. The molecule has 4 nitrogen and oxygen atoms in total. The van der Waals surface area contributed by atoms with Crippen molar-refractivity contribution in [2.24, 2.45) is 5.73 Å². The lowest BCUT2D eigenvalue weighted by Gasteiger charge is -2.23. The van der Waals surface area contributed by atoms with Crippen LogP contribution in [-0.4, -0.2) is 44.7 Å². The van der Waals surface area contributed by atoms with Crippen LogP contribution in [0.5, 0.6) is 0 Å². The first-order valence-corrected chi connectivity index (χ1v) is 8.54. The molecule has 0 fully saturated rings. The normalized spacial score (nSPS) is 10.9. The molecule has 4 heteroatoms. The van der Waals surface area contributed by atoms with E-state index in [2.05, 4.69) is 6.92 Å². The number of unbranched alkanes of at least 4 members (excludes halogenated alkanes) is 9. The molecule has 0 heterocycles. The summed E-state index contributed by atoms with van der Waals surface area (Å²) in [6.07, 6.45) is 13.9. The van der Waals surface area contributed by atoms with Crippen LogP contribution < -0.4 is 10.8 Å². The number of carboxylic acid groups (broad SMARTS) is 1. The van der Waals surface area contributed by atoms with Crippen molar-refractivity contribution in [3.63, 3.8) is 0 Å². The monoisotopic (exact) mass is 302 g/mol. The van der Waals surface area contributed by atoms with Gasteiger partial charge in [0.1, 0.15) is 6.54 Å². The summed E-state index contributed by atoms with van der Waals surface area (Å²) in [4.78, 5) is 9.89. The lowest BCUT2D eigenvalue weighted by molar-refractivity contribution is -0.864. The molecule has 0 amide bonds. The minimum Gasteiger partial charge on any atom is -0.544 e. The quantitative estimate of drug-likeness (QED) is 0.444. The zero-order valence-corrected chi connectivity index (χ0v) is 14.8. The summed E-state index contributed by atoms with van der Waals surface area (Å²) in [7, 11) is 5.40. The van der Waals surface area contributed by atoms with E-state index in [1.54, 1.807) is 21.1 Å². The minimum atomic E-state index is -1.00. The van der Waals surface area contributed by atoms with E-state index in [1.165, 1.54) is 64.2 Å². The number of rotatable bonds is 12. The van der Waals surface area contributed by atoms with Crippen molar-refractivity contribution in [1.29, 1.82) is 0 Å². The lowest BCUT2D eigenvalue weighted by atomic mass is 10.1. The summed E-state index contributed by atoms with van der Waals surface area (Å²) in [6, 6.07) is 0. The van der Waals surface area contributed by atoms with Crippen molar-refractivity contribution >= 4 is 5.97 Å². The molecule has 128 valence electrons. The van der Waals surface area contributed by atoms with Gasteiger partial charge in [0.2, 0.25) is 0 Å². The van der Waals surface area contributed by atoms with E-state index < -0.39 is 5.97 Å². The van der Waals surface area contributed by atoms with Gasteiger partial charge in [-0.15, -0.1) is 0 Å². The Morgan fingerprint density at radius 3 is 1.48 bits per heavy atom. The number of carbonyl (C=O) groups is 1. The van der Waals surface area contributed by atoms with Gasteiger partial charge >= 0.3 is 0 Å². The van der Waals surface area contributed by atoms with E-state index in [4.69, 9.17) is 5.73 Å². The van der Waals surface area contributed by atoms with Gasteiger partial charge in [-0.25, -0.2) is 0 Å². The molecule has 0 aliphatic rings. The highest BCUT2D eigenvalue weighted by molar-refractivity contribution is 5.65.